The first kappa shape index (κ1) is 29.5. The number of nitrogens with zero attached hydrogens (tertiary/aromatic N) is 2. The van der Waals surface area contributed by atoms with Crippen LogP contribution < -0.4 is 16.4 Å². The summed E-state index contributed by atoms with van der Waals surface area (Å²) in [5, 5.41) is 15.9. The fourth-order valence-corrected chi connectivity index (χ4v) is 4.88. The number of H-pyrrole nitrogens is 1. The number of hydrogen-bond donors (Lipinski definition) is 5. The lowest BCUT2D eigenvalue weighted by Crippen LogP contribution is -2.58. The van der Waals surface area contributed by atoms with E-state index in [1.54, 1.807) is 11.1 Å². The second-order valence-electron chi connectivity index (χ2n) is 10.0. The van der Waals surface area contributed by atoms with Crippen LogP contribution in [0.25, 0.3) is 10.9 Å². The minimum absolute atomic E-state index is 0.139. The monoisotopic (exact) mass is 566 g/mol. The Labute approximate surface area is 236 Å². The number of para-hydroxylation sites is 1. The zero-order valence-electron chi connectivity index (χ0n) is 22.6. The number of carbonyl (C=O) groups excluding carboxylic acids is 3. The third kappa shape index (κ3) is 7.60. The molecule has 6 N–H and O–H groups in total. The fourth-order valence-electron chi connectivity index (χ4n) is 4.88. The number of halogens is 1. The summed E-state index contributed by atoms with van der Waals surface area (Å²) in [6.07, 6.45) is 3.29. The predicted molar refractivity (Wildman–Crippen MR) is 151 cm³/mol. The van der Waals surface area contributed by atoms with E-state index < -0.39 is 35.8 Å². The van der Waals surface area contributed by atoms with E-state index >= 15 is 0 Å². The number of benzene rings is 2. The molecule has 2 atom stereocenters. The van der Waals surface area contributed by atoms with Crippen molar-refractivity contribution in [2.45, 2.75) is 37.8 Å². The Morgan fingerprint density at radius 3 is 2.29 bits per heavy atom. The summed E-state index contributed by atoms with van der Waals surface area (Å²) in [4.78, 5) is 57.5. The number of aliphatic carboxylic acids is 1. The number of aromatic amines is 1. The van der Waals surface area contributed by atoms with Gasteiger partial charge in [0, 0.05) is 55.3 Å². The molecule has 2 unspecified atom stereocenters. The molecule has 4 amide bonds. The fraction of sp³-hybridized carbons (Fsp3) is 0.379. The highest BCUT2D eigenvalue weighted by molar-refractivity contribution is 5.94. The van der Waals surface area contributed by atoms with Crippen LogP contribution in [0.2, 0.25) is 0 Å². The van der Waals surface area contributed by atoms with Crippen molar-refractivity contribution in [3.8, 4) is 0 Å². The first-order valence-electron chi connectivity index (χ1n) is 13.7. The molecule has 1 aliphatic heterocycles. The zero-order valence-corrected chi connectivity index (χ0v) is 22.6. The number of nitrogens with two attached hydrogens (primary N) is 1. The predicted octanol–water partition coefficient (Wildman–Crippen LogP) is 2.08. The molecule has 1 saturated heterocycles. The number of amides is 4. The van der Waals surface area contributed by atoms with Gasteiger partial charge in [-0.05, 0) is 61.7 Å². The van der Waals surface area contributed by atoms with Gasteiger partial charge >= 0.3 is 12.0 Å². The SMILES string of the molecule is NCCCCC(NC(=O)C(Cc1c[nH]c2ccccc12)NC(=O)N1CCN(C(=O)c2ccc(F)cc2)CC1)C(=O)O. The van der Waals surface area contributed by atoms with Crippen LogP contribution in [0.1, 0.15) is 35.2 Å². The smallest absolute Gasteiger partial charge is 0.326 e. The van der Waals surface area contributed by atoms with Crippen LogP contribution in [0.5, 0.6) is 0 Å². The summed E-state index contributed by atoms with van der Waals surface area (Å²) in [7, 11) is 0. The molecule has 2 heterocycles. The molecule has 0 bridgehead atoms. The number of nitrogens with one attached hydrogen (secondary N) is 3. The number of piperazine rings is 1. The maximum absolute atomic E-state index is 13.4. The van der Waals surface area contributed by atoms with Crippen LogP contribution in [0.15, 0.2) is 54.7 Å². The molecule has 1 aliphatic rings. The molecule has 218 valence electrons. The van der Waals surface area contributed by atoms with Crippen molar-refractivity contribution in [1.82, 2.24) is 25.4 Å². The van der Waals surface area contributed by atoms with Crippen molar-refractivity contribution in [1.29, 1.82) is 0 Å². The highest BCUT2D eigenvalue weighted by atomic mass is 19.1. The molecule has 0 saturated carbocycles. The molecule has 11 nitrogen and oxygen atoms in total. The molecule has 3 aromatic rings. The highest BCUT2D eigenvalue weighted by Gasteiger charge is 2.30. The first-order chi connectivity index (χ1) is 19.8. The number of aromatic nitrogens is 1. The van der Waals surface area contributed by atoms with Gasteiger partial charge in [-0.1, -0.05) is 18.2 Å². The number of rotatable bonds is 11. The molecule has 2 aromatic carbocycles. The van der Waals surface area contributed by atoms with Crippen molar-refractivity contribution in [3.05, 3.63) is 71.7 Å². The normalized spacial score (nSPS) is 14.9. The number of unbranched alkanes of at least 4 members (excludes halogenated alkanes) is 1. The van der Waals surface area contributed by atoms with Crippen molar-refractivity contribution in [2.75, 3.05) is 32.7 Å². The minimum Gasteiger partial charge on any atom is -0.480 e. The van der Waals surface area contributed by atoms with Gasteiger partial charge in [0.1, 0.15) is 17.9 Å². The Bertz CT molecular complexity index is 1370. The van der Waals surface area contributed by atoms with Crippen molar-refractivity contribution in [2.24, 2.45) is 5.73 Å². The van der Waals surface area contributed by atoms with Crippen LogP contribution >= 0.6 is 0 Å². The van der Waals surface area contributed by atoms with Gasteiger partial charge in [-0.25, -0.2) is 14.0 Å². The van der Waals surface area contributed by atoms with Gasteiger partial charge in [-0.15, -0.1) is 0 Å². The average Bonchev–Trinajstić information content (AvgIpc) is 3.39. The third-order valence-electron chi connectivity index (χ3n) is 7.22. The van der Waals surface area contributed by atoms with E-state index in [1.807, 2.05) is 24.3 Å². The van der Waals surface area contributed by atoms with Gasteiger partial charge < -0.3 is 36.3 Å². The van der Waals surface area contributed by atoms with Crippen LogP contribution in [0.4, 0.5) is 9.18 Å². The van der Waals surface area contributed by atoms with E-state index in [0.29, 0.717) is 24.9 Å². The molecular weight excluding hydrogens is 531 g/mol. The Kier molecular flexibility index (Phi) is 9.91. The van der Waals surface area contributed by atoms with E-state index in [0.717, 1.165) is 16.5 Å². The molecule has 1 fully saturated rings. The Balaban J connectivity index is 1.43. The number of hydrogen-bond acceptors (Lipinski definition) is 5. The van der Waals surface area contributed by atoms with Crippen LogP contribution in [0.3, 0.4) is 0 Å². The van der Waals surface area contributed by atoms with Gasteiger partial charge in [-0.3, -0.25) is 9.59 Å². The average molecular weight is 567 g/mol. The summed E-state index contributed by atoms with van der Waals surface area (Å²) in [6, 6.07) is 10.2. The van der Waals surface area contributed by atoms with Crippen LogP contribution in [-0.2, 0) is 16.0 Å². The van der Waals surface area contributed by atoms with Crippen molar-refractivity contribution < 1.29 is 28.7 Å². The lowest BCUT2D eigenvalue weighted by molar-refractivity contribution is -0.142. The lowest BCUT2D eigenvalue weighted by atomic mass is 10.0. The molecule has 0 spiro atoms. The van der Waals surface area contributed by atoms with E-state index in [9.17, 15) is 28.7 Å². The summed E-state index contributed by atoms with van der Waals surface area (Å²) < 4.78 is 13.2. The number of carbonyl (C=O) groups is 4. The summed E-state index contributed by atoms with van der Waals surface area (Å²) in [5.74, 6) is -2.45. The number of urea groups is 1. The number of fused-ring (bicyclic) bond motifs is 1. The molecule has 0 aliphatic carbocycles. The lowest BCUT2D eigenvalue weighted by Gasteiger charge is -2.35. The molecule has 41 heavy (non-hydrogen) atoms. The zero-order chi connectivity index (χ0) is 29.4. The quantitative estimate of drug-likeness (QED) is 0.223. The second kappa shape index (κ2) is 13.8. The Morgan fingerprint density at radius 1 is 0.927 bits per heavy atom. The molecular formula is C29H35FN6O5. The maximum atomic E-state index is 13.4. The summed E-state index contributed by atoms with van der Waals surface area (Å²) >= 11 is 0. The minimum atomic E-state index is -1.16. The third-order valence-corrected chi connectivity index (χ3v) is 7.22. The summed E-state index contributed by atoms with van der Waals surface area (Å²) in [6.45, 7) is 1.42. The van der Waals surface area contributed by atoms with E-state index in [2.05, 4.69) is 15.6 Å². The van der Waals surface area contributed by atoms with Crippen LogP contribution in [0, 0.1) is 5.82 Å². The van der Waals surface area contributed by atoms with Gasteiger partial charge in [-0.2, -0.15) is 0 Å². The highest BCUT2D eigenvalue weighted by Crippen LogP contribution is 2.20. The van der Waals surface area contributed by atoms with Crippen molar-refractivity contribution in [3.63, 3.8) is 0 Å². The van der Waals surface area contributed by atoms with E-state index in [-0.39, 0.29) is 44.9 Å². The topological polar surface area (TPSA) is 161 Å². The van der Waals surface area contributed by atoms with E-state index in [1.165, 1.54) is 29.2 Å². The Morgan fingerprint density at radius 2 is 1.61 bits per heavy atom. The Hall–Kier alpha value is -4.45. The van der Waals surface area contributed by atoms with Gasteiger partial charge in [0.2, 0.25) is 5.91 Å². The molecule has 12 heteroatoms. The maximum Gasteiger partial charge on any atom is 0.326 e. The number of carboxylic acids is 1. The van der Waals surface area contributed by atoms with Crippen LogP contribution in [-0.4, -0.2) is 88.5 Å². The van der Waals surface area contributed by atoms with Gasteiger partial charge in [0.05, 0.1) is 0 Å². The van der Waals surface area contributed by atoms with Gasteiger partial charge in [0.15, 0.2) is 0 Å². The second-order valence-corrected chi connectivity index (χ2v) is 10.0. The largest absolute Gasteiger partial charge is 0.480 e. The standard InChI is InChI=1S/C29H35FN6O5/c30-21-10-8-19(9-11-21)27(38)35-13-15-36(16-14-35)29(41)34-25(17-20-18-32-23-6-2-1-5-22(20)23)26(37)33-24(28(39)40)7-3-4-12-31/h1-2,5-6,8-11,18,24-25,32H,3-4,7,12-17,31H2,(H,33,37)(H,34,41)(H,39,40). The summed E-state index contributed by atoms with van der Waals surface area (Å²) in [5.41, 5.74) is 7.55. The van der Waals surface area contributed by atoms with Gasteiger partial charge in [0.25, 0.3) is 5.91 Å². The molecule has 1 aromatic heterocycles. The van der Waals surface area contributed by atoms with Crippen molar-refractivity contribution >= 4 is 34.7 Å². The first-order valence-corrected chi connectivity index (χ1v) is 13.7. The van der Waals surface area contributed by atoms with E-state index in [4.69, 9.17) is 5.73 Å². The molecule has 0 radical (unpaired) electrons. The molecule has 4 rings (SSSR count). The number of carboxylic acid groups (broad SMARTS) is 1.